The Hall–Kier alpha value is -5.40. The van der Waals surface area contributed by atoms with Crippen molar-refractivity contribution in [2.75, 3.05) is 9.80 Å². The molecule has 2 nitrogen and oxygen atoms in total. The molecular formula is C49H33BN2S3. The normalized spacial score (nSPS) is 15.1. The van der Waals surface area contributed by atoms with Crippen molar-refractivity contribution in [1.82, 2.24) is 0 Å². The monoisotopic (exact) mass is 758 g/mol. The number of thiophene rings is 3. The largest absolute Gasteiger partial charge is 0.310 e. The summed E-state index contributed by atoms with van der Waals surface area (Å²) >= 11 is 5.59. The summed E-state index contributed by atoms with van der Waals surface area (Å²) < 4.78 is 25.8. The Balaban J connectivity index is 1.18. The summed E-state index contributed by atoms with van der Waals surface area (Å²) in [6.07, 6.45) is 4.70. The van der Waals surface area contributed by atoms with Gasteiger partial charge in [-0.3, -0.25) is 0 Å². The summed E-state index contributed by atoms with van der Waals surface area (Å²) in [7, 11) is 0. The minimum atomic E-state index is 0.0487. The number of hydrogen-bond donors (Lipinski definition) is 0. The molecule has 3 aromatic heterocycles. The van der Waals surface area contributed by atoms with Gasteiger partial charge in [0.25, 0.3) is 6.71 Å². The van der Waals surface area contributed by atoms with E-state index in [-0.39, 0.29) is 6.71 Å². The van der Waals surface area contributed by atoms with Crippen molar-refractivity contribution in [2.45, 2.75) is 32.6 Å². The number of rotatable bonds is 2. The van der Waals surface area contributed by atoms with E-state index in [2.05, 4.69) is 126 Å². The molecule has 0 atom stereocenters. The highest BCUT2D eigenvalue weighted by Crippen LogP contribution is 2.53. The molecule has 0 saturated heterocycles. The lowest BCUT2D eigenvalue weighted by atomic mass is 9.36. The Morgan fingerprint density at radius 3 is 1.93 bits per heavy atom. The lowest BCUT2D eigenvalue weighted by Crippen LogP contribution is -2.60. The average Bonchev–Trinajstić information content (AvgIpc) is 3.95. The first-order valence-electron chi connectivity index (χ1n) is 20.3. The minimum Gasteiger partial charge on any atom is -0.310 e. The van der Waals surface area contributed by atoms with Crippen molar-refractivity contribution in [3.8, 4) is 0 Å². The molecule has 0 amide bonds. The van der Waals surface area contributed by atoms with Crippen LogP contribution in [-0.2, 0) is 12.8 Å². The van der Waals surface area contributed by atoms with E-state index >= 15 is 0 Å². The lowest BCUT2D eigenvalue weighted by Gasteiger charge is -2.43. The number of nitrogens with zero attached hydrogens (tertiary/aromatic N) is 2. The molecule has 0 bridgehead atoms. The highest BCUT2D eigenvalue weighted by molar-refractivity contribution is 7.34. The summed E-state index contributed by atoms with van der Waals surface area (Å²) in [4.78, 5) is 5.13. The fraction of sp³-hybridized carbons (Fsp3) is 0.102. The smallest absolute Gasteiger partial charge is 0.264 e. The molecule has 0 N–H and O–H groups in total. The maximum Gasteiger partial charge on any atom is 0.264 e. The van der Waals surface area contributed by atoms with Gasteiger partial charge in [0.2, 0.25) is 0 Å². The second kappa shape index (κ2) is 11.3. The molecule has 5 heterocycles. The predicted molar refractivity (Wildman–Crippen MR) is 243 cm³/mol. The van der Waals surface area contributed by atoms with Crippen LogP contribution >= 0.6 is 34.0 Å². The van der Waals surface area contributed by atoms with E-state index in [1.807, 2.05) is 34.8 Å². The molecule has 0 radical (unpaired) electrons. The van der Waals surface area contributed by atoms with Crippen molar-refractivity contribution < 1.29 is 2.74 Å². The third-order valence-electron chi connectivity index (χ3n) is 12.3. The van der Waals surface area contributed by atoms with E-state index in [0.717, 1.165) is 50.5 Å². The third-order valence-corrected chi connectivity index (χ3v) is 15.9. The molecule has 3 aliphatic rings. The molecule has 0 unspecified atom stereocenters. The van der Waals surface area contributed by atoms with E-state index in [1.165, 1.54) is 92.2 Å². The minimum absolute atomic E-state index is 0.0487. The van der Waals surface area contributed by atoms with Gasteiger partial charge >= 0.3 is 0 Å². The SMILES string of the molecule is [2H]c1ccc(N2c3ccccc3B3c4sc5ccc6c(c5c4N(c4ccc([2H])c5c4sc4ccccc45)c4cc(C)cc2c43)CCCC6)c2sc3ccccc3c12. The van der Waals surface area contributed by atoms with Gasteiger partial charge < -0.3 is 9.80 Å². The molecule has 6 heteroatoms. The average molecular weight is 759 g/mol. The summed E-state index contributed by atoms with van der Waals surface area (Å²) in [6, 6.07) is 45.4. The topological polar surface area (TPSA) is 6.48 Å². The van der Waals surface area contributed by atoms with Gasteiger partial charge in [-0.05, 0) is 109 Å². The van der Waals surface area contributed by atoms with Gasteiger partial charge in [-0.15, -0.1) is 34.0 Å². The molecule has 13 rings (SSSR count). The number of anilines is 6. The Morgan fingerprint density at radius 1 is 0.564 bits per heavy atom. The van der Waals surface area contributed by atoms with Gasteiger partial charge in [0.15, 0.2) is 0 Å². The van der Waals surface area contributed by atoms with Gasteiger partial charge in [-0.1, -0.05) is 84.9 Å². The van der Waals surface area contributed by atoms with Gasteiger partial charge in [-0.2, -0.15) is 0 Å². The first kappa shape index (κ1) is 29.0. The Morgan fingerprint density at radius 2 is 1.18 bits per heavy atom. The third kappa shape index (κ3) is 4.14. The zero-order valence-electron chi connectivity index (χ0n) is 32.1. The molecule has 7 aromatic carbocycles. The zero-order chi connectivity index (χ0) is 37.7. The van der Waals surface area contributed by atoms with Gasteiger partial charge in [0, 0.05) is 62.9 Å². The van der Waals surface area contributed by atoms with Crippen LogP contribution in [0.5, 0.6) is 0 Å². The molecule has 0 fully saturated rings. The number of fused-ring (bicyclic) bond motifs is 14. The molecule has 10 aromatic rings. The van der Waals surface area contributed by atoms with E-state index < -0.39 is 0 Å². The fourth-order valence-electron chi connectivity index (χ4n) is 10.1. The van der Waals surface area contributed by atoms with Crippen LogP contribution in [0.1, 0.15) is 32.3 Å². The highest BCUT2D eigenvalue weighted by atomic mass is 32.1. The summed E-state index contributed by atoms with van der Waals surface area (Å²) in [5.41, 5.74) is 14.1. The Labute approximate surface area is 334 Å². The van der Waals surface area contributed by atoms with Crippen molar-refractivity contribution in [1.29, 1.82) is 0 Å². The lowest BCUT2D eigenvalue weighted by molar-refractivity contribution is 0.690. The summed E-state index contributed by atoms with van der Waals surface area (Å²) in [6.45, 7) is 2.29. The number of hydrogen-bond acceptors (Lipinski definition) is 5. The Bertz CT molecular complexity index is 3400. The molecular weight excluding hydrogens is 724 g/mol. The van der Waals surface area contributed by atoms with Crippen LogP contribution < -0.4 is 25.5 Å². The second-order valence-electron chi connectivity index (χ2n) is 15.3. The summed E-state index contributed by atoms with van der Waals surface area (Å²) in [5, 5.41) is 5.78. The van der Waals surface area contributed by atoms with Gasteiger partial charge in [0.1, 0.15) is 0 Å². The van der Waals surface area contributed by atoms with Crippen molar-refractivity contribution in [3.63, 3.8) is 0 Å². The van der Waals surface area contributed by atoms with E-state index in [9.17, 15) is 1.37 Å². The number of para-hydroxylation sites is 1. The summed E-state index contributed by atoms with van der Waals surface area (Å²) in [5.74, 6) is 0. The molecule has 55 heavy (non-hydrogen) atoms. The molecule has 1 aliphatic carbocycles. The molecule has 2 aliphatic heterocycles. The van der Waals surface area contributed by atoms with Gasteiger partial charge in [0.05, 0.1) is 29.2 Å². The van der Waals surface area contributed by atoms with Crippen LogP contribution in [0.4, 0.5) is 34.1 Å². The van der Waals surface area contributed by atoms with E-state index in [0.29, 0.717) is 12.1 Å². The maximum absolute atomic E-state index is 9.22. The van der Waals surface area contributed by atoms with Crippen LogP contribution in [0.3, 0.4) is 0 Å². The number of benzene rings is 7. The van der Waals surface area contributed by atoms with Crippen molar-refractivity contribution in [2.24, 2.45) is 0 Å². The first-order chi connectivity index (χ1) is 28.0. The van der Waals surface area contributed by atoms with E-state index in [4.69, 9.17) is 1.37 Å². The van der Waals surface area contributed by atoms with Gasteiger partial charge in [-0.25, -0.2) is 0 Å². The standard InChI is InChI=1S/C49H33BN2S3/c1-28-26-39-45-40(27-28)52(38-21-11-17-34-32-15-5-9-23-42(32)54-48(34)38)46-44-30-13-3-2-12-29(30)24-25-43(44)55-49(46)50(45)35-18-6-7-19-36(35)51(39)37-20-10-16-33-31-14-4-8-22-41(31)53-47(33)37/h4-11,14-27H,2-3,12-13H2,1H3/i16D,17D. The quantitative estimate of drug-likeness (QED) is 0.162. The molecule has 0 spiro atoms. The van der Waals surface area contributed by atoms with E-state index in [1.54, 1.807) is 11.3 Å². The van der Waals surface area contributed by atoms with Crippen LogP contribution in [0.25, 0.3) is 50.4 Å². The second-order valence-corrected chi connectivity index (χ2v) is 18.5. The Kier molecular flexibility index (Phi) is 5.97. The maximum atomic E-state index is 9.22. The van der Waals surface area contributed by atoms with Crippen molar-refractivity contribution >= 4 is 141 Å². The molecule has 0 saturated carbocycles. The van der Waals surface area contributed by atoms with Crippen LogP contribution in [-0.4, -0.2) is 6.71 Å². The van der Waals surface area contributed by atoms with Crippen LogP contribution in [0.15, 0.2) is 133 Å². The zero-order valence-corrected chi connectivity index (χ0v) is 32.5. The predicted octanol–water partition coefficient (Wildman–Crippen LogP) is 12.9. The molecule has 260 valence electrons. The van der Waals surface area contributed by atoms with Crippen LogP contribution in [0, 0.1) is 6.92 Å². The van der Waals surface area contributed by atoms with Crippen molar-refractivity contribution in [3.05, 3.63) is 150 Å². The highest BCUT2D eigenvalue weighted by Gasteiger charge is 2.46. The first-order valence-corrected chi connectivity index (χ1v) is 21.7. The van der Waals surface area contributed by atoms with Crippen LogP contribution in [0.2, 0.25) is 0 Å². The fourth-order valence-corrected chi connectivity index (χ4v) is 13.8. The number of aryl methyl sites for hydroxylation is 3.